The Morgan fingerprint density at radius 1 is 0.260 bits per heavy atom. The van der Waals surface area contributed by atoms with Gasteiger partial charge >= 0.3 is 0 Å². The van der Waals surface area contributed by atoms with Gasteiger partial charge in [0.05, 0.1) is 0 Å². The van der Waals surface area contributed by atoms with Gasteiger partial charge in [0.15, 0.2) is 17.5 Å². The lowest BCUT2D eigenvalue weighted by atomic mass is 9.90. The second kappa shape index (κ2) is 12.7. The molecule has 0 radical (unpaired) electrons. The largest absolute Gasteiger partial charge is 0.208 e. The predicted molar refractivity (Wildman–Crippen MR) is 207 cm³/mol. The highest BCUT2D eigenvalue weighted by molar-refractivity contribution is 5.99. The van der Waals surface area contributed by atoms with Gasteiger partial charge in [-0.05, 0) is 61.5 Å². The molecule has 9 aromatic rings. The fourth-order valence-electron chi connectivity index (χ4n) is 6.88. The minimum absolute atomic E-state index is 0.636. The molecule has 0 N–H and O–H groups in total. The van der Waals surface area contributed by atoms with Crippen LogP contribution in [0.4, 0.5) is 0 Å². The number of aromatic nitrogens is 3. The molecule has 50 heavy (non-hydrogen) atoms. The molecule has 0 bridgehead atoms. The maximum absolute atomic E-state index is 5.20. The van der Waals surface area contributed by atoms with Gasteiger partial charge in [0.2, 0.25) is 0 Å². The quantitative estimate of drug-likeness (QED) is 0.182. The van der Waals surface area contributed by atoms with Gasteiger partial charge in [-0.25, -0.2) is 15.0 Å². The van der Waals surface area contributed by atoms with Gasteiger partial charge in [0.1, 0.15) is 0 Å². The number of benzene rings is 8. The summed E-state index contributed by atoms with van der Waals surface area (Å²) in [6, 6.07) is 65.8. The monoisotopic (exact) mass is 637 g/mol. The van der Waals surface area contributed by atoms with Gasteiger partial charge in [-0.1, -0.05) is 176 Å². The van der Waals surface area contributed by atoms with E-state index in [4.69, 9.17) is 15.0 Å². The van der Waals surface area contributed by atoms with E-state index < -0.39 is 0 Å². The van der Waals surface area contributed by atoms with Gasteiger partial charge in [-0.2, -0.15) is 0 Å². The van der Waals surface area contributed by atoms with Crippen LogP contribution >= 0.6 is 0 Å². The zero-order chi connectivity index (χ0) is 33.3. The Bertz CT molecular complexity index is 2630. The summed E-state index contributed by atoms with van der Waals surface area (Å²) in [4.78, 5) is 15.4. The summed E-state index contributed by atoms with van der Waals surface area (Å²) in [5.41, 5.74) is 9.74. The molecule has 0 aliphatic rings. The lowest BCUT2D eigenvalue weighted by Gasteiger charge is -2.16. The molecule has 0 saturated heterocycles. The topological polar surface area (TPSA) is 38.7 Å². The summed E-state index contributed by atoms with van der Waals surface area (Å²) >= 11 is 0. The molecule has 0 atom stereocenters. The zero-order valence-corrected chi connectivity index (χ0v) is 27.2. The van der Waals surface area contributed by atoms with E-state index in [0.717, 1.165) is 44.3 Å². The third-order valence-corrected chi connectivity index (χ3v) is 9.32. The van der Waals surface area contributed by atoms with Crippen LogP contribution in [0.25, 0.3) is 89.1 Å². The molecule has 0 fully saturated rings. The van der Waals surface area contributed by atoms with Gasteiger partial charge in [0.25, 0.3) is 0 Å². The van der Waals surface area contributed by atoms with Crippen molar-refractivity contribution in [2.45, 2.75) is 0 Å². The summed E-state index contributed by atoms with van der Waals surface area (Å²) in [7, 11) is 0. The molecule has 0 saturated carbocycles. The van der Waals surface area contributed by atoms with E-state index in [9.17, 15) is 0 Å². The smallest absolute Gasteiger partial charge is 0.164 e. The maximum atomic E-state index is 5.20. The van der Waals surface area contributed by atoms with E-state index in [1.165, 1.54) is 27.3 Å². The minimum Gasteiger partial charge on any atom is -0.208 e. The van der Waals surface area contributed by atoms with E-state index in [2.05, 4.69) is 158 Å². The molecule has 3 nitrogen and oxygen atoms in total. The minimum atomic E-state index is 0.636. The molecule has 1 heterocycles. The first kappa shape index (κ1) is 29.4. The molecule has 0 amide bonds. The fraction of sp³-hybridized carbons (Fsp3) is 0. The second-order valence-corrected chi connectivity index (χ2v) is 12.4. The number of rotatable bonds is 6. The van der Waals surface area contributed by atoms with Gasteiger partial charge < -0.3 is 0 Å². The Morgan fingerprint density at radius 2 is 0.760 bits per heavy atom. The van der Waals surface area contributed by atoms with E-state index in [1.807, 2.05) is 30.3 Å². The second-order valence-electron chi connectivity index (χ2n) is 12.4. The molecule has 3 heteroatoms. The number of hydrogen-bond donors (Lipinski definition) is 0. The van der Waals surface area contributed by atoms with Gasteiger partial charge in [-0.3, -0.25) is 0 Å². The first-order valence-corrected chi connectivity index (χ1v) is 16.9. The van der Waals surface area contributed by atoms with Crippen LogP contribution in [0.3, 0.4) is 0 Å². The van der Waals surface area contributed by atoms with Crippen LogP contribution in [0.5, 0.6) is 0 Å². The maximum Gasteiger partial charge on any atom is 0.164 e. The highest BCUT2D eigenvalue weighted by Crippen LogP contribution is 2.40. The van der Waals surface area contributed by atoms with Crippen molar-refractivity contribution in [1.29, 1.82) is 0 Å². The van der Waals surface area contributed by atoms with Gasteiger partial charge in [0, 0.05) is 22.3 Å². The van der Waals surface area contributed by atoms with Crippen molar-refractivity contribution in [3.63, 3.8) is 0 Å². The van der Waals surface area contributed by atoms with Crippen LogP contribution in [0.1, 0.15) is 0 Å². The Balaban J connectivity index is 1.21. The van der Waals surface area contributed by atoms with Crippen molar-refractivity contribution in [2.24, 2.45) is 0 Å². The van der Waals surface area contributed by atoms with E-state index in [0.29, 0.717) is 17.5 Å². The number of nitrogens with zero attached hydrogens (tertiary/aromatic N) is 3. The van der Waals surface area contributed by atoms with Crippen LogP contribution in [0.15, 0.2) is 188 Å². The molecular weight excluding hydrogens is 607 g/mol. The Morgan fingerprint density at radius 3 is 1.50 bits per heavy atom. The third kappa shape index (κ3) is 5.51. The van der Waals surface area contributed by atoms with Gasteiger partial charge in [-0.15, -0.1) is 0 Å². The Hall–Kier alpha value is -6.71. The molecule has 8 aromatic carbocycles. The SMILES string of the molecule is c1ccc(-c2nc(-c3ccc4cc(-c5cccc6ccccc56)ccc4c3)nc(-c3cccc(-c4ccccc4)c3-c3ccccc3)n2)cc1. The molecule has 1 aromatic heterocycles. The molecule has 234 valence electrons. The van der Waals surface area contributed by atoms with Crippen molar-refractivity contribution < 1.29 is 0 Å². The van der Waals surface area contributed by atoms with E-state index in [-0.39, 0.29) is 0 Å². The van der Waals surface area contributed by atoms with E-state index >= 15 is 0 Å². The normalized spacial score (nSPS) is 11.2. The molecule has 9 rings (SSSR count). The van der Waals surface area contributed by atoms with Crippen molar-refractivity contribution in [2.75, 3.05) is 0 Å². The van der Waals surface area contributed by atoms with Crippen molar-refractivity contribution in [3.8, 4) is 67.5 Å². The van der Waals surface area contributed by atoms with Crippen LogP contribution in [-0.4, -0.2) is 15.0 Å². The highest BCUT2D eigenvalue weighted by atomic mass is 15.0. The highest BCUT2D eigenvalue weighted by Gasteiger charge is 2.19. The van der Waals surface area contributed by atoms with Crippen LogP contribution in [0.2, 0.25) is 0 Å². The summed E-state index contributed by atoms with van der Waals surface area (Å²) < 4.78 is 0. The third-order valence-electron chi connectivity index (χ3n) is 9.32. The van der Waals surface area contributed by atoms with Crippen LogP contribution in [-0.2, 0) is 0 Å². The molecular formula is C47H31N3. The number of hydrogen-bond acceptors (Lipinski definition) is 3. The zero-order valence-electron chi connectivity index (χ0n) is 27.2. The first-order valence-electron chi connectivity index (χ1n) is 16.9. The van der Waals surface area contributed by atoms with Crippen LogP contribution < -0.4 is 0 Å². The van der Waals surface area contributed by atoms with Crippen molar-refractivity contribution in [1.82, 2.24) is 15.0 Å². The molecule has 0 spiro atoms. The van der Waals surface area contributed by atoms with E-state index in [1.54, 1.807) is 0 Å². The average molecular weight is 638 g/mol. The van der Waals surface area contributed by atoms with Crippen molar-refractivity contribution >= 4 is 21.5 Å². The Kier molecular flexibility index (Phi) is 7.49. The average Bonchev–Trinajstić information content (AvgIpc) is 3.20. The summed E-state index contributed by atoms with van der Waals surface area (Å²) in [6.45, 7) is 0. The summed E-state index contributed by atoms with van der Waals surface area (Å²) in [5.74, 6) is 1.91. The molecule has 0 unspecified atom stereocenters. The molecule has 0 aliphatic heterocycles. The first-order chi connectivity index (χ1) is 24.8. The predicted octanol–water partition coefficient (Wildman–Crippen LogP) is 12.2. The Labute approximate surface area is 291 Å². The fourth-order valence-corrected chi connectivity index (χ4v) is 6.88. The van der Waals surface area contributed by atoms with Crippen LogP contribution in [0, 0.1) is 0 Å². The summed E-state index contributed by atoms with van der Waals surface area (Å²) in [6.07, 6.45) is 0. The standard InChI is InChI=1S/C47H31N3/c1-4-14-33(15-5-1)42-24-13-25-43(44(42)34-17-6-2-7-18-34)47-49-45(35-19-8-3-9-20-35)48-46(50-47)39-29-27-36-30-38(28-26-37(36)31-39)41-23-12-21-32-16-10-11-22-40(32)41/h1-31H. The number of fused-ring (bicyclic) bond motifs is 2. The lowest BCUT2D eigenvalue weighted by molar-refractivity contribution is 1.07. The summed E-state index contributed by atoms with van der Waals surface area (Å²) in [5, 5.41) is 4.79. The lowest BCUT2D eigenvalue weighted by Crippen LogP contribution is -2.01. The molecule has 0 aliphatic carbocycles. The van der Waals surface area contributed by atoms with Crippen molar-refractivity contribution in [3.05, 3.63) is 188 Å².